The molecule has 0 aliphatic rings. The van der Waals surface area contributed by atoms with E-state index in [1.54, 1.807) is 31.2 Å². The third kappa shape index (κ3) is 2.10. The van der Waals surface area contributed by atoms with Gasteiger partial charge in [-0.2, -0.15) is 0 Å². The monoisotopic (exact) mass is 285 g/mol. The Balaban J connectivity index is 2.37. The van der Waals surface area contributed by atoms with Crippen LogP contribution in [-0.4, -0.2) is 17.6 Å². The number of aromatic nitrogens is 1. The second kappa shape index (κ2) is 4.90. The zero-order chi connectivity index (χ0) is 15.0. The van der Waals surface area contributed by atoms with Crippen molar-refractivity contribution < 1.29 is 13.9 Å². The average molecular weight is 285 g/mol. The largest absolute Gasteiger partial charge is 0.462 e. The maximum Gasteiger partial charge on any atom is 0.343 e. The van der Waals surface area contributed by atoms with Crippen LogP contribution in [0.1, 0.15) is 17.3 Å². The lowest BCUT2D eigenvalue weighted by Gasteiger charge is -2.04. The lowest BCUT2D eigenvalue weighted by Crippen LogP contribution is -2.21. The van der Waals surface area contributed by atoms with E-state index in [0.717, 1.165) is 0 Å². The molecule has 0 aliphatic heterocycles. The highest BCUT2D eigenvalue weighted by molar-refractivity contribution is 5.95. The van der Waals surface area contributed by atoms with Gasteiger partial charge in [0.05, 0.1) is 17.4 Å². The van der Waals surface area contributed by atoms with Crippen molar-refractivity contribution in [3.63, 3.8) is 0 Å². The molecule has 0 saturated carbocycles. The summed E-state index contributed by atoms with van der Waals surface area (Å²) in [4.78, 5) is 38.4. The van der Waals surface area contributed by atoms with Crippen molar-refractivity contribution >= 4 is 28.0 Å². The number of para-hydroxylation sites is 1. The molecule has 0 saturated heterocycles. The first kappa shape index (κ1) is 13.1. The van der Waals surface area contributed by atoms with Crippen LogP contribution in [-0.2, 0) is 4.74 Å². The molecule has 0 bridgehead atoms. The number of carbonyl (C=O) groups is 1. The minimum absolute atomic E-state index is 0.0387. The van der Waals surface area contributed by atoms with E-state index in [2.05, 4.69) is 4.98 Å². The summed E-state index contributed by atoms with van der Waals surface area (Å²) in [5.74, 6) is -0.770. The maximum atomic E-state index is 12.4. The van der Waals surface area contributed by atoms with E-state index in [1.165, 1.54) is 6.07 Å². The Kier molecular flexibility index (Phi) is 3.06. The van der Waals surface area contributed by atoms with E-state index in [0.29, 0.717) is 11.0 Å². The fourth-order valence-corrected chi connectivity index (χ4v) is 2.12. The van der Waals surface area contributed by atoms with Crippen molar-refractivity contribution in [1.29, 1.82) is 0 Å². The number of carbonyl (C=O) groups excluding carboxylic acids is 1. The van der Waals surface area contributed by atoms with Crippen LogP contribution in [0.3, 0.4) is 0 Å². The van der Waals surface area contributed by atoms with Crippen LogP contribution in [0.15, 0.2) is 44.3 Å². The molecule has 6 nitrogen and oxygen atoms in total. The summed E-state index contributed by atoms with van der Waals surface area (Å²) >= 11 is 0. The number of nitrogens with one attached hydrogen (secondary N) is 1. The zero-order valence-electron chi connectivity index (χ0n) is 11.1. The predicted octanol–water partition coefficient (Wildman–Crippen LogP) is 1.81. The second-order valence-electron chi connectivity index (χ2n) is 4.40. The van der Waals surface area contributed by atoms with Crippen molar-refractivity contribution in [2.24, 2.45) is 0 Å². The Morgan fingerprint density at radius 3 is 2.76 bits per heavy atom. The number of H-pyrrole nitrogens is 1. The summed E-state index contributed by atoms with van der Waals surface area (Å²) in [7, 11) is 0. The standard InChI is InChI=1S/C15H11NO5/c1-2-20-15(19)10-7-9-12(17)8-5-3-4-6-11(8)21-14(9)16-13(10)18/h3-7H,2H2,1H3,(H,16,18). The average Bonchev–Trinajstić information content (AvgIpc) is 2.47. The van der Waals surface area contributed by atoms with Crippen molar-refractivity contribution in [3.05, 3.63) is 56.5 Å². The van der Waals surface area contributed by atoms with Crippen LogP contribution in [0.2, 0.25) is 0 Å². The first-order valence-corrected chi connectivity index (χ1v) is 6.38. The zero-order valence-corrected chi connectivity index (χ0v) is 11.1. The summed E-state index contributed by atoms with van der Waals surface area (Å²) in [5, 5.41) is 0.517. The summed E-state index contributed by atoms with van der Waals surface area (Å²) in [6.07, 6.45) is 0. The molecule has 3 aromatic rings. The van der Waals surface area contributed by atoms with Gasteiger partial charge in [-0.25, -0.2) is 4.79 Å². The molecule has 6 heteroatoms. The number of aromatic amines is 1. The number of esters is 1. The summed E-state index contributed by atoms with van der Waals surface area (Å²) in [6.45, 7) is 1.78. The molecule has 3 rings (SSSR count). The highest BCUT2D eigenvalue weighted by Gasteiger charge is 2.16. The molecule has 21 heavy (non-hydrogen) atoms. The third-order valence-corrected chi connectivity index (χ3v) is 3.09. The Morgan fingerprint density at radius 2 is 2.00 bits per heavy atom. The molecule has 1 aromatic carbocycles. The van der Waals surface area contributed by atoms with E-state index < -0.39 is 11.5 Å². The van der Waals surface area contributed by atoms with E-state index in [-0.39, 0.29) is 28.7 Å². The van der Waals surface area contributed by atoms with Crippen LogP contribution in [0.4, 0.5) is 0 Å². The van der Waals surface area contributed by atoms with E-state index in [1.807, 2.05) is 0 Å². The quantitative estimate of drug-likeness (QED) is 0.573. The number of hydrogen-bond acceptors (Lipinski definition) is 5. The van der Waals surface area contributed by atoms with Crippen LogP contribution < -0.4 is 11.0 Å². The molecule has 0 atom stereocenters. The summed E-state index contributed by atoms with van der Waals surface area (Å²) < 4.78 is 10.3. The topological polar surface area (TPSA) is 89.4 Å². The Bertz CT molecular complexity index is 967. The van der Waals surface area contributed by atoms with Crippen molar-refractivity contribution in [3.8, 4) is 0 Å². The van der Waals surface area contributed by atoms with Gasteiger partial charge >= 0.3 is 5.97 Å². The van der Waals surface area contributed by atoms with Gasteiger partial charge in [0.15, 0.2) is 0 Å². The smallest absolute Gasteiger partial charge is 0.343 e. The van der Waals surface area contributed by atoms with Gasteiger partial charge < -0.3 is 9.15 Å². The first-order chi connectivity index (χ1) is 10.1. The lowest BCUT2D eigenvalue weighted by molar-refractivity contribution is 0.0524. The Labute approximate surface area is 118 Å². The number of rotatable bonds is 2. The van der Waals surface area contributed by atoms with Crippen molar-refractivity contribution in [1.82, 2.24) is 4.98 Å². The molecule has 2 aromatic heterocycles. The van der Waals surface area contributed by atoms with Gasteiger partial charge in [0, 0.05) is 0 Å². The molecule has 1 N–H and O–H groups in total. The minimum Gasteiger partial charge on any atom is -0.462 e. The Morgan fingerprint density at radius 1 is 1.24 bits per heavy atom. The van der Waals surface area contributed by atoms with Crippen LogP contribution in [0.25, 0.3) is 22.1 Å². The van der Waals surface area contributed by atoms with Crippen LogP contribution in [0.5, 0.6) is 0 Å². The van der Waals surface area contributed by atoms with E-state index in [9.17, 15) is 14.4 Å². The van der Waals surface area contributed by atoms with Gasteiger partial charge in [-0.15, -0.1) is 0 Å². The van der Waals surface area contributed by atoms with Crippen LogP contribution in [0, 0.1) is 0 Å². The molecule has 0 fully saturated rings. The van der Waals surface area contributed by atoms with Crippen LogP contribution >= 0.6 is 0 Å². The highest BCUT2D eigenvalue weighted by Crippen LogP contribution is 2.16. The molecule has 2 heterocycles. The molecule has 0 aliphatic carbocycles. The SMILES string of the molecule is CCOC(=O)c1cc2c(=O)c3ccccc3oc2[nH]c1=O. The number of pyridine rings is 1. The Hall–Kier alpha value is -2.89. The van der Waals surface area contributed by atoms with E-state index in [4.69, 9.17) is 9.15 Å². The van der Waals surface area contributed by atoms with Gasteiger partial charge in [-0.05, 0) is 25.1 Å². The third-order valence-electron chi connectivity index (χ3n) is 3.09. The number of fused-ring (bicyclic) bond motifs is 2. The fraction of sp³-hybridized carbons (Fsp3) is 0.133. The highest BCUT2D eigenvalue weighted by atomic mass is 16.5. The van der Waals surface area contributed by atoms with Gasteiger partial charge in [-0.3, -0.25) is 14.6 Å². The van der Waals surface area contributed by atoms with Crippen molar-refractivity contribution in [2.45, 2.75) is 6.92 Å². The van der Waals surface area contributed by atoms with E-state index >= 15 is 0 Å². The summed E-state index contributed by atoms with van der Waals surface area (Å²) in [5.41, 5.74) is -0.772. The molecule has 0 amide bonds. The maximum absolute atomic E-state index is 12.4. The molecule has 0 radical (unpaired) electrons. The van der Waals surface area contributed by atoms with Gasteiger partial charge in [0.2, 0.25) is 11.1 Å². The van der Waals surface area contributed by atoms with Gasteiger partial charge in [0.25, 0.3) is 5.56 Å². The van der Waals surface area contributed by atoms with Gasteiger partial charge in [0.1, 0.15) is 11.1 Å². The molecular formula is C15H11NO5. The molecule has 0 spiro atoms. The second-order valence-corrected chi connectivity index (χ2v) is 4.40. The predicted molar refractivity (Wildman–Crippen MR) is 76.6 cm³/mol. The minimum atomic E-state index is -0.770. The van der Waals surface area contributed by atoms with Crippen molar-refractivity contribution in [2.75, 3.05) is 6.61 Å². The van der Waals surface area contributed by atoms with Gasteiger partial charge in [-0.1, -0.05) is 12.1 Å². The number of ether oxygens (including phenoxy) is 1. The lowest BCUT2D eigenvalue weighted by atomic mass is 10.1. The summed E-state index contributed by atoms with van der Waals surface area (Å²) in [6, 6.07) is 7.90. The first-order valence-electron chi connectivity index (χ1n) is 6.38. The molecule has 0 unspecified atom stereocenters. The molecular weight excluding hydrogens is 274 g/mol. The molecule has 106 valence electrons. The fourth-order valence-electron chi connectivity index (χ4n) is 2.12. The number of hydrogen-bond donors (Lipinski definition) is 1. The normalized spacial score (nSPS) is 10.9. The number of benzene rings is 1.